The van der Waals surface area contributed by atoms with E-state index in [0.29, 0.717) is 18.7 Å². The van der Waals surface area contributed by atoms with E-state index < -0.39 is 17.8 Å². The van der Waals surface area contributed by atoms with Gasteiger partial charge in [-0.2, -0.15) is 13.2 Å². The van der Waals surface area contributed by atoms with Gasteiger partial charge in [-0.3, -0.25) is 4.79 Å². The lowest BCUT2D eigenvalue weighted by Gasteiger charge is -2.36. The molecule has 1 heterocycles. The van der Waals surface area contributed by atoms with Crippen LogP contribution in [0.3, 0.4) is 0 Å². The monoisotopic (exact) mass is 287 g/mol. The molecule has 1 unspecified atom stereocenters. The first-order chi connectivity index (χ1) is 9.27. The Labute approximate surface area is 115 Å². The first-order valence-corrected chi connectivity index (χ1v) is 6.40. The van der Waals surface area contributed by atoms with E-state index in [2.05, 4.69) is 0 Å². The van der Waals surface area contributed by atoms with Gasteiger partial charge in [-0.05, 0) is 17.5 Å². The van der Waals surface area contributed by atoms with Gasteiger partial charge in [0.2, 0.25) is 5.91 Å². The van der Waals surface area contributed by atoms with Crippen LogP contribution in [0.15, 0.2) is 24.3 Å². The maximum atomic E-state index is 12.6. The van der Waals surface area contributed by atoms with Gasteiger partial charge in [0.25, 0.3) is 0 Å². The molecule has 20 heavy (non-hydrogen) atoms. The number of aliphatic hydroxyl groups is 1. The maximum absolute atomic E-state index is 12.6. The summed E-state index contributed by atoms with van der Waals surface area (Å²) in [6.45, 7) is 2.35. The standard InChI is InChI=1S/C14H16F3NO2/c1-9(5-13(20)18-7-12(19)8-18)10-3-2-4-11(6-10)14(15,16)17/h2-4,6,9,12,19H,5,7-8H2,1H3. The van der Waals surface area contributed by atoms with E-state index in [4.69, 9.17) is 5.11 Å². The largest absolute Gasteiger partial charge is 0.416 e. The molecule has 3 nitrogen and oxygen atoms in total. The minimum atomic E-state index is -4.37. The Hall–Kier alpha value is -1.56. The summed E-state index contributed by atoms with van der Waals surface area (Å²) in [7, 11) is 0. The van der Waals surface area contributed by atoms with Gasteiger partial charge in [0.15, 0.2) is 0 Å². The molecule has 0 aliphatic carbocycles. The summed E-state index contributed by atoms with van der Waals surface area (Å²) >= 11 is 0. The molecule has 0 spiro atoms. The molecule has 1 fully saturated rings. The molecule has 2 rings (SSSR count). The zero-order valence-corrected chi connectivity index (χ0v) is 11.0. The van der Waals surface area contributed by atoms with Crippen LogP contribution in [0, 0.1) is 0 Å². The van der Waals surface area contributed by atoms with Crippen molar-refractivity contribution < 1.29 is 23.1 Å². The van der Waals surface area contributed by atoms with Crippen LogP contribution in [0.1, 0.15) is 30.4 Å². The van der Waals surface area contributed by atoms with Crippen molar-refractivity contribution in [3.63, 3.8) is 0 Å². The molecule has 0 radical (unpaired) electrons. The Kier molecular flexibility index (Phi) is 4.04. The van der Waals surface area contributed by atoms with Crippen molar-refractivity contribution >= 4 is 5.91 Å². The highest BCUT2D eigenvalue weighted by molar-refractivity contribution is 5.78. The lowest BCUT2D eigenvalue weighted by molar-refractivity contribution is -0.141. The molecule has 0 bridgehead atoms. The SMILES string of the molecule is CC(CC(=O)N1CC(O)C1)c1cccc(C(F)(F)F)c1. The molecule has 0 saturated carbocycles. The van der Waals surface area contributed by atoms with Gasteiger partial charge in [-0.25, -0.2) is 0 Å². The van der Waals surface area contributed by atoms with E-state index in [1.54, 1.807) is 13.0 Å². The van der Waals surface area contributed by atoms with Gasteiger partial charge in [0.1, 0.15) is 0 Å². The number of halogens is 3. The molecule has 1 amide bonds. The Bertz CT molecular complexity index is 495. The van der Waals surface area contributed by atoms with Crippen LogP contribution in [-0.4, -0.2) is 35.1 Å². The lowest BCUT2D eigenvalue weighted by Crippen LogP contribution is -2.53. The Morgan fingerprint density at radius 3 is 2.65 bits per heavy atom. The molecule has 110 valence electrons. The smallest absolute Gasteiger partial charge is 0.389 e. The summed E-state index contributed by atoms with van der Waals surface area (Å²) in [4.78, 5) is 13.3. The van der Waals surface area contributed by atoms with E-state index >= 15 is 0 Å². The number of nitrogens with zero attached hydrogens (tertiary/aromatic N) is 1. The first-order valence-electron chi connectivity index (χ1n) is 6.40. The molecular weight excluding hydrogens is 271 g/mol. The van der Waals surface area contributed by atoms with Gasteiger partial charge in [-0.15, -0.1) is 0 Å². The van der Waals surface area contributed by atoms with Crippen LogP contribution in [-0.2, 0) is 11.0 Å². The summed E-state index contributed by atoms with van der Waals surface area (Å²) in [5.74, 6) is -0.428. The highest BCUT2D eigenvalue weighted by Crippen LogP contribution is 2.32. The third-order valence-electron chi connectivity index (χ3n) is 3.48. The van der Waals surface area contributed by atoms with E-state index in [-0.39, 0.29) is 18.2 Å². The fourth-order valence-corrected chi connectivity index (χ4v) is 2.19. The van der Waals surface area contributed by atoms with Gasteiger partial charge in [-0.1, -0.05) is 25.1 Å². The molecule has 1 aromatic carbocycles. The Morgan fingerprint density at radius 2 is 2.10 bits per heavy atom. The van der Waals surface area contributed by atoms with Crippen LogP contribution >= 0.6 is 0 Å². The third kappa shape index (κ3) is 3.30. The Morgan fingerprint density at radius 1 is 1.45 bits per heavy atom. The summed E-state index contributed by atoms with van der Waals surface area (Å²) in [6.07, 6.45) is -4.70. The highest BCUT2D eigenvalue weighted by atomic mass is 19.4. The quantitative estimate of drug-likeness (QED) is 0.927. The second-order valence-corrected chi connectivity index (χ2v) is 5.18. The molecule has 6 heteroatoms. The molecule has 1 aliphatic heterocycles. The van der Waals surface area contributed by atoms with Crippen molar-refractivity contribution in [2.45, 2.75) is 31.5 Å². The third-order valence-corrected chi connectivity index (χ3v) is 3.48. The summed E-state index contributed by atoms with van der Waals surface area (Å²) < 4.78 is 37.9. The summed E-state index contributed by atoms with van der Waals surface area (Å²) in [6, 6.07) is 5.05. The van der Waals surface area contributed by atoms with Gasteiger partial charge >= 0.3 is 6.18 Å². The summed E-state index contributed by atoms with van der Waals surface area (Å²) in [5.41, 5.74) is -0.206. The predicted octanol–water partition coefficient (Wildman–Crippen LogP) is 2.40. The van der Waals surface area contributed by atoms with Gasteiger partial charge in [0.05, 0.1) is 11.7 Å². The van der Waals surface area contributed by atoms with Crippen LogP contribution in [0.4, 0.5) is 13.2 Å². The number of carbonyl (C=O) groups is 1. The molecule has 0 aromatic heterocycles. The number of alkyl halides is 3. The number of benzene rings is 1. The normalized spacial score (nSPS) is 17.8. The second-order valence-electron chi connectivity index (χ2n) is 5.18. The zero-order chi connectivity index (χ0) is 14.9. The topological polar surface area (TPSA) is 40.5 Å². The fourth-order valence-electron chi connectivity index (χ4n) is 2.19. The minimum absolute atomic E-state index is 0.139. The fraction of sp³-hybridized carbons (Fsp3) is 0.500. The van der Waals surface area contributed by atoms with Gasteiger partial charge < -0.3 is 10.0 Å². The minimum Gasteiger partial charge on any atom is -0.389 e. The molecule has 1 atom stereocenters. The first kappa shape index (κ1) is 14.8. The van der Waals surface area contributed by atoms with Crippen molar-refractivity contribution in [2.24, 2.45) is 0 Å². The zero-order valence-electron chi connectivity index (χ0n) is 11.0. The van der Waals surface area contributed by atoms with Gasteiger partial charge in [0, 0.05) is 19.5 Å². The van der Waals surface area contributed by atoms with Crippen molar-refractivity contribution in [2.75, 3.05) is 13.1 Å². The average molecular weight is 287 g/mol. The average Bonchev–Trinajstić information content (AvgIpc) is 2.34. The molecule has 1 aromatic rings. The van der Waals surface area contributed by atoms with E-state index in [1.165, 1.54) is 11.0 Å². The van der Waals surface area contributed by atoms with Crippen molar-refractivity contribution in [3.8, 4) is 0 Å². The number of carbonyl (C=O) groups excluding carboxylic acids is 1. The number of aliphatic hydroxyl groups excluding tert-OH is 1. The molecule has 1 aliphatic rings. The number of rotatable bonds is 3. The van der Waals surface area contributed by atoms with Crippen LogP contribution < -0.4 is 0 Å². The highest BCUT2D eigenvalue weighted by Gasteiger charge is 2.32. The lowest BCUT2D eigenvalue weighted by atomic mass is 9.94. The van der Waals surface area contributed by atoms with Crippen molar-refractivity contribution in [3.05, 3.63) is 35.4 Å². The number of β-amino-alcohol motifs (C(OH)–C–C–N with tert-alkyl or cyclic N) is 1. The number of amides is 1. The predicted molar refractivity (Wildman–Crippen MR) is 67.1 cm³/mol. The summed E-state index contributed by atoms with van der Waals surface area (Å²) in [5, 5.41) is 9.13. The van der Waals surface area contributed by atoms with Crippen LogP contribution in [0.25, 0.3) is 0 Å². The van der Waals surface area contributed by atoms with Crippen molar-refractivity contribution in [1.82, 2.24) is 4.90 Å². The molecule has 1 saturated heterocycles. The van der Waals surface area contributed by atoms with E-state index in [0.717, 1.165) is 12.1 Å². The van der Waals surface area contributed by atoms with Crippen LogP contribution in [0.2, 0.25) is 0 Å². The Balaban J connectivity index is 2.02. The maximum Gasteiger partial charge on any atom is 0.416 e. The van der Waals surface area contributed by atoms with Crippen LogP contribution in [0.5, 0.6) is 0 Å². The number of hydrogen-bond acceptors (Lipinski definition) is 2. The van der Waals surface area contributed by atoms with E-state index in [9.17, 15) is 18.0 Å². The number of likely N-dealkylation sites (tertiary alicyclic amines) is 1. The van der Waals surface area contributed by atoms with Crippen molar-refractivity contribution in [1.29, 1.82) is 0 Å². The number of hydrogen-bond donors (Lipinski definition) is 1. The molecular formula is C14H16F3NO2. The van der Waals surface area contributed by atoms with E-state index in [1.807, 2.05) is 0 Å². The molecule has 1 N–H and O–H groups in total. The second kappa shape index (κ2) is 5.44.